The van der Waals surface area contributed by atoms with Crippen LogP contribution in [0, 0.1) is 0 Å². The van der Waals surface area contributed by atoms with Crippen LogP contribution in [0.1, 0.15) is 28.9 Å². The van der Waals surface area contributed by atoms with Crippen LogP contribution < -0.4 is 10.1 Å². The Kier molecular flexibility index (Phi) is 4.92. The largest absolute Gasteiger partial charge is 0.457 e. The van der Waals surface area contributed by atoms with E-state index in [2.05, 4.69) is 5.32 Å². The van der Waals surface area contributed by atoms with Crippen LogP contribution in [-0.4, -0.2) is 5.91 Å². The summed E-state index contributed by atoms with van der Waals surface area (Å²) in [5, 5.41) is 3.01. The number of hydrogen-bond acceptors (Lipinski definition) is 2. The lowest BCUT2D eigenvalue weighted by atomic mass is 10.1. The molecular weight excluding hydrogens is 298 g/mol. The maximum Gasteiger partial charge on any atom is 0.251 e. The summed E-state index contributed by atoms with van der Waals surface area (Å²) in [4.78, 5) is 12.5. The molecule has 0 unspecified atom stereocenters. The molecule has 0 aliphatic rings. The van der Waals surface area contributed by atoms with Crippen molar-refractivity contribution in [1.29, 1.82) is 0 Å². The van der Waals surface area contributed by atoms with Crippen LogP contribution in [0.4, 0.5) is 0 Å². The highest BCUT2D eigenvalue weighted by atomic mass is 16.5. The summed E-state index contributed by atoms with van der Waals surface area (Å²) in [6.07, 6.45) is 0. The number of benzene rings is 3. The Morgan fingerprint density at radius 3 is 2.17 bits per heavy atom. The van der Waals surface area contributed by atoms with Gasteiger partial charge in [-0.05, 0) is 42.8 Å². The van der Waals surface area contributed by atoms with Crippen LogP contribution >= 0.6 is 0 Å². The average Bonchev–Trinajstić information content (AvgIpc) is 2.63. The van der Waals surface area contributed by atoms with E-state index < -0.39 is 0 Å². The molecule has 0 fully saturated rings. The Morgan fingerprint density at radius 1 is 0.833 bits per heavy atom. The van der Waals surface area contributed by atoms with Gasteiger partial charge in [-0.1, -0.05) is 54.6 Å². The summed E-state index contributed by atoms with van der Waals surface area (Å²) in [6, 6.07) is 26.5. The molecule has 0 spiro atoms. The summed E-state index contributed by atoms with van der Waals surface area (Å²) in [5.74, 6) is 1.26. The fourth-order valence-electron chi connectivity index (χ4n) is 2.43. The molecule has 0 aliphatic heterocycles. The lowest BCUT2D eigenvalue weighted by molar-refractivity contribution is 0.0939. The number of para-hydroxylation sites is 1. The van der Waals surface area contributed by atoms with Crippen molar-refractivity contribution >= 4 is 5.91 Å². The van der Waals surface area contributed by atoms with Crippen molar-refractivity contribution in [3.8, 4) is 11.5 Å². The van der Waals surface area contributed by atoms with Gasteiger partial charge in [-0.3, -0.25) is 4.79 Å². The van der Waals surface area contributed by atoms with Crippen molar-refractivity contribution in [1.82, 2.24) is 5.32 Å². The van der Waals surface area contributed by atoms with Crippen molar-refractivity contribution < 1.29 is 9.53 Å². The predicted molar refractivity (Wildman–Crippen MR) is 95.3 cm³/mol. The number of ether oxygens (including phenoxy) is 1. The second-order valence-corrected chi connectivity index (χ2v) is 5.55. The number of carbonyl (C=O) groups excluding carboxylic acids is 1. The third-order valence-corrected chi connectivity index (χ3v) is 3.72. The zero-order valence-corrected chi connectivity index (χ0v) is 13.5. The molecule has 0 radical (unpaired) electrons. The molecule has 1 amide bonds. The second-order valence-electron chi connectivity index (χ2n) is 5.55. The molecule has 0 bridgehead atoms. The van der Waals surface area contributed by atoms with Gasteiger partial charge in [0.05, 0.1) is 6.04 Å². The molecule has 0 saturated carbocycles. The highest BCUT2D eigenvalue weighted by Gasteiger charge is 2.12. The first kappa shape index (κ1) is 15.8. The van der Waals surface area contributed by atoms with Gasteiger partial charge in [-0.2, -0.15) is 0 Å². The molecule has 0 saturated heterocycles. The maximum atomic E-state index is 12.5. The predicted octanol–water partition coefficient (Wildman–Crippen LogP) is 4.97. The first-order valence-electron chi connectivity index (χ1n) is 7.91. The lowest BCUT2D eigenvalue weighted by Crippen LogP contribution is -2.26. The van der Waals surface area contributed by atoms with Gasteiger partial charge < -0.3 is 10.1 Å². The number of rotatable bonds is 5. The Balaban J connectivity index is 1.70. The fraction of sp³-hybridized carbons (Fsp3) is 0.0952. The minimum atomic E-state index is -0.120. The van der Waals surface area contributed by atoms with Gasteiger partial charge in [0.2, 0.25) is 0 Å². The van der Waals surface area contributed by atoms with Gasteiger partial charge in [-0.25, -0.2) is 0 Å². The molecule has 3 nitrogen and oxygen atoms in total. The van der Waals surface area contributed by atoms with Gasteiger partial charge in [-0.15, -0.1) is 0 Å². The zero-order valence-electron chi connectivity index (χ0n) is 13.5. The van der Waals surface area contributed by atoms with E-state index in [0.717, 1.165) is 11.3 Å². The molecule has 24 heavy (non-hydrogen) atoms. The molecule has 3 aromatic rings. The molecule has 3 aromatic carbocycles. The molecule has 120 valence electrons. The topological polar surface area (TPSA) is 38.3 Å². The number of nitrogens with one attached hydrogen (secondary N) is 1. The third kappa shape index (κ3) is 4.02. The van der Waals surface area contributed by atoms with Crippen LogP contribution in [-0.2, 0) is 0 Å². The van der Waals surface area contributed by atoms with Gasteiger partial charge in [0.15, 0.2) is 0 Å². The van der Waals surface area contributed by atoms with E-state index in [1.54, 1.807) is 12.1 Å². The minimum Gasteiger partial charge on any atom is -0.457 e. The summed E-state index contributed by atoms with van der Waals surface area (Å²) in [5.41, 5.74) is 1.65. The quantitative estimate of drug-likeness (QED) is 0.721. The van der Waals surface area contributed by atoms with Crippen molar-refractivity contribution in [2.45, 2.75) is 13.0 Å². The van der Waals surface area contributed by atoms with Gasteiger partial charge >= 0.3 is 0 Å². The Hall–Kier alpha value is -3.07. The van der Waals surface area contributed by atoms with E-state index in [1.807, 2.05) is 79.7 Å². The summed E-state index contributed by atoms with van der Waals surface area (Å²) in [6.45, 7) is 1.97. The van der Waals surface area contributed by atoms with Gasteiger partial charge in [0.25, 0.3) is 5.91 Å². The molecule has 0 aromatic heterocycles. The van der Waals surface area contributed by atoms with Crippen LogP contribution in [0.25, 0.3) is 0 Å². The van der Waals surface area contributed by atoms with Gasteiger partial charge in [0, 0.05) is 5.56 Å². The Labute approximate surface area is 141 Å². The molecule has 0 heterocycles. The summed E-state index contributed by atoms with van der Waals surface area (Å²) < 4.78 is 5.78. The van der Waals surface area contributed by atoms with Crippen LogP contribution in [0.5, 0.6) is 11.5 Å². The molecular formula is C21H19NO2. The number of amides is 1. The fourth-order valence-corrected chi connectivity index (χ4v) is 2.43. The van der Waals surface area contributed by atoms with E-state index in [-0.39, 0.29) is 11.9 Å². The minimum absolute atomic E-state index is 0.0580. The van der Waals surface area contributed by atoms with Crippen LogP contribution in [0.2, 0.25) is 0 Å². The van der Waals surface area contributed by atoms with Crippen molar-refractivity contribution in [3.05, 3.63) is 96.1 Å². The monoisotopic (exact) mass is 317 g/mol. The smallest absolute Gasteiger partial charge is 0.251 e. The van der Waals surface area contributed by atoms with E-state index in [0.29, 0.717) is 11.3 Å². The first-order valence-corrected chi connectivity index (χ1v) is 7.91. The lowest BCUT2D eigenvalue weighted by Gasteiger charge is -2.14. The molecule has 1 atom stereocenters. The van der Waals surface area contributed by atoms with E-state index in [1.165, 1.54) is 0 Å². The highest BCUT2D eigenvalue weighted by Crippen LogP contribution is 2.22. The van der Waals surface area contributed by atoms with E-state index in [9.17, 15) is 4.79 Å². The normalized spacial score (nSPS) is 11.5. The molecule has 0 aliphatic carbocycles. The van der Waals surface area contributed by atoms with Gasteiger partial charge in [0.1, 0.15) is 11.5 Å². The first-order chi connectivity index (χ1) is 11.7. The van der Waals surface area contributed by atoms with Crippen molar-refractivity contribution in [2.75, 3.05) is 0 Å². The molecule has 3 rings (SSSR count). The maximum absolute atomic E-state index is 12.5. The molecule has 1 N–H and O–H groups in total. The average molecular weight is 317 g/mol. The SMILES string of the molecule is C[C@H](NC(=O)c1cccc(Oc2ccccc2)c1)c1ccccc1. The zero-order chi connectivity index (χ0) is 16.8. The summed E-state index contributed by atoms with van der Waals surface area (Å²) in [7, 11) is 0. The standard InChI is InChI=1S/C21H19NO2/c1-16(17-9-4-2-5-10-17)22-21(23)18-11-8-14-20(15-18)24-19-12-6-3-7-13-19/h2-16H,1H3,(H,22,23)/t16-/m0/s1. The third-order valence-electron chi connectivity index (χ3n) is 3.72. The number of carbonyl (C=O) groups is 1. The van der Waals surface area contributed by atoms with E-state index in [4.69, 9.17) is 4.74 Å². The number of hydrogen-bond donors (Lipinski definition) is 1. The van der Waals surface area contributed by atoms with Crippen LogP contribution in [0.15, 0.2) is 84.9 Å². The molecule has 3 heteroatoms. The van der Waals surface area contributed by atoms with Crippen molar-refractivity contribution in [2.24, 2.45) is 0 Å². The Morgan fingerprint density at radius 2 is 1.46 bits per heavy atom. The highest BCUT2D eigenvalue weighted by molar-refractivity contribution is 5.94. The van der Waals surface area contributed by atoms with E-state index >= 15 is 0 Å². The summed E-state index contributed by atoms with van der Waals surface area (Å²) >= 11 is 0. The Bertz CT molecular complexity index is 800. The van der Waals surface area contributed by atoms with Crippen molar-refractivity contribution in [3.63, 3.8) is 0 Å². The second kappa shape index (κ2) is 7.47. The van der Waals surface area contributed by atoms with Crippen LogP contribution in [0.3, 0.4) is 0 Å².